The predicted octanol–water partition coefficient (Wildman–Crippen LogP) is 2.45. The average molecular weight is 263 g/mol. The van der Waals surface area contributed by atoms with Gasteiger partial charge >= 0.3 is 0 Å². The van der Waals surface area contributed by atoms with Crippen molar-refractivity contribution in [3.05, 3.63) is 59.3 Å². The van der Waals surface area contributed by atoms with Crippen LogP contribution in [0.4, 0.5) is 14.6 Å². The first kappa shape index (κ1) is 13.4. The fourth-order valence-corrected chi connectivity index (χ4v) is 1.83. The molecule has 5 heteroatoms. The maximum absolute atomic E-state index is 14.0. The Kier molecular flexibility index (Phi) is 4.06. The van der Waals surface area contributed by atoms with Gasteiger partial charge in [0.25, 0.3) is 0 Å². The summed E-state index contributed by atoms with van der Waals surface area (Å²) in [4.78, 5) is 5.69. The van der Waals surface area contributed by atoms with E-state index in [0.29, 0.717) is 12.1 Å². The van der Waals surface area contributed by atoms with Gasteiger partial charge in [-0.3, -0.25) is 0 Å². The highest BCUT2D eigenvalue weighted by atomic mass is 19.1. The number of halogens is 2. The Balaban J connectivity index is 2.20. The Morgan fingerprint density at radius 1 is 1.16 bits per heavy atom. The number of nitrogens with zero attached hydrogens (tertiary/aromatic N) is 2. The van der Waals surface area contributed by atoms with Crippen molar-refractivity contribution >= 4 is 5.82 Å². The van der Waals surface area contributed by atoms with Gasteiger partial charge in [-0.05, 0) is 23.8 Å². The molecule has 0 bridgehead atoms. The molecule has 1 aromatic heterocycles. The van der Waals surface area contributed by atoms with Crippen molar-refractivity contribution in [1.82, 2.24) is 4.98 Å². The van der Waals surface area contributed by atoms with Crippen LogP contribution < -0.4 is 10.6 Å². The van der Waals surface area contributed by atoms with Gasteiger partial charge in [-0.25, -0.2) is 13.8 Å². The fraction of sp³-hybridized carbons (Fsp3) is 0.214. The largest absolute Gasteiger partial charge is 0.353 e. The molecule has 0 aliphatic rings. The lowest BCUT2D eigenvalue weighted by molar-refractivity contribution is 0.598. The summed E-state index contributed by atoms with van der Waals surface area (Å²) in [7, 11) is 1.73. The minimum Gasteiger partial charge on any atom is -0.353 e. The van der Waals surface area contributed by atoms with Crippen LogP contribution in [0.2, 0.25) is 0 Å². The highest BCUT2D eigenvalue weighted by Crippen LogP contribution is 2.19. The molecule has 2 aromatic rings. The summed E-state index contributed by atoms with van der Waals surface area (Å²) in [6, 6.07) is 7.64. The van der Waals surface area contributed by atoms with Crippen LogP contribution in [-0.4, -0.2) is 12.0 Å². The maximum atomic E-state index is 14.0. The summed E-state index contributed by atoms with van der Waals surface area (Å²) in [6.07, 6.45) is 1.53. The number of hydrogen-bond donors (Lipinski definition) is 1. The molecule has 0 saturated heterocycles. The Bertz CT molecular complexity index is 555. The summed E-state index contributed by atoms with van der Waals surface area (Å²) in [5.41, 5.74) is 6.77. The zero-order valence-corrected chi connectivity index (χ0v) is 10.6. The monoisotopic (exact) mass is 263 g/mol. The van der Waals surface area contributed by atoms with Crippen LogP contribution in [0.5, 0.6) is 0 Å². The van der Waals surface area contributed by atoms with Crippen molar-refractivity contribution < 1.29 is 8.78 Å². The summed E-state index contributed by atoms with van der Waals surface area (Å²) in [6.45, 7) is 0.573. The molecule has 0 aliphatic carbocycles. The minimum absolute atomic E-state index is 0.131. The van der Waals surface area contributed by atoms with Crippen LogP contribution in [0, 0.1) is 11.6 Å². The number of hydrogen-bond acceptors (Lipinski definition) is 3. The maximum Gasteiger partial charge on any atom is 0.170 e. The van der Waals surface area contributed by atoms with Gasteiger partial charge in [-0.2, -0.15) is 0 Å². The van der Waals surface area contributed by atoms with Gasteiger partial charge in [0, 0.05) is 31.9 Å². The number of pyridine rings is 1. The average Bonchev–Trinajstić information content (AvgIpc) is 2.41. The van der Waals surface area contributed by atoms with Crippen LogP contribution in [0.25, 0.3) is 0 Å². The molecular weight excluding hydrogens is 248 g/mol. The summed E-state index contributed by atoms with van der Waals surface area (Å²) in [5, 5.41) is 0. The second kappa shape index (κ2) is 5.75. The lowest BCUT2D eigenvalue weighted by atomic mass is 10.2. The third kappa shape index (κ3) is 3.06. The van der Waals surface area contributed by atoms with Gasteiger partial charge in [-0.1, -0.05) is 12.1 Å². The van der Waals surface area contributed by atoms with Gasteiger partial charge in [-0.15, -0.1) is 0 Å². The van der Waals surface area contributed by atoms with E-state index < -0.39 is 5.82 Å². The quantitative estimate of drug-likeness (QED) is 0.921. The smallest absolute Gasteiger partial charge is 0.170 e. The molecule has 0 saturated carbocycles. The zero-order valence-electron chi connectivity index (χ0n) is 10.6. The molecule has 2 N–H and O–H groups in total. The normalized spacial score (nSPS) is 10.5. The number of benzene rings is 1. The fourth-order valence-electron chi connectivity index (χ4n) is 1.83. The zero-order chi connectivity index (χ0) is 13.8. The number of rotatable bonds is 4. The summed E-state index contributed by atoms with van der Waals surface area (Å²) < 4.78 is 26.9. The van der Waals surface area contributed by atoms with E-state index in [0.717, 1.165) is 5.56 Å². The van der Waals surface area contributed by atoms with Crippen LogP contribution in [0.1, 0.15) is 11.1 Å². The van der Waals surface area contributed by atoms with Gasteiger partial charge < -0.3 is 10.6 Å². The highest BCUT2D eigenvalue weighted by molar-refractivity contribution is 5.43. The van der Waals surface area contributed by atoms with Gasteiger partial charge in [0.15, 0.2) is 11.6 Å². The van der Waals surface area contributed by atoms with E-state index in [1.807, 2.05) is 0 Å². The SMILES string of the molecule is CN(Cc1ccc(F)cc1)c1nccc(CN)c1F. The van der Waals surface area contributed by atoms with E-state index in [-0.39, 0.29) is 18.2 Å². The molecule has 0 radical (unpaired) electrons. The number of nitrogens with two attached hydrogens (primary N) is 1. The van der Waals surface area contributed by atoms with Crippen LogP contribution in [0.15, 0.2) is 36.5 Å². The first-order valence-electron chi connectivity index (χ1n) is 5.91. The lowest BCUT2D eigenvalue weighted by Crippen LogP contribution is -2.20. The van der Waals surface area contributed by atoms with E-state index in [1.54, 1.807) is 30.1 Å². The molecule has 0 amide bonds. The van der Waals surface area contributed by atoms with E-state index >= 15 is 0 Å². The molecule has 0 atom stereocenters. The molecule has 0 aliphatic heterocycles. The summed E-state index contributed by atoms with van der Waals surface area (Å²) >= 11 is 0. The second-order valence-electron chi connectivity index (χ2n) is 4.29. The molecule has 2 rings (SSSR count). The lowest BCUT2D eigenvalue weighted by Gasteiger charge is -2.19. The van der Waals surface area contributed by atoms with Gasteiger partial charge in [0.1, 0.15) is 5.82 Å². The standard InChI is InChI=1S/C14H15F2N3/c1-19(9-10-2-4-12(15)5-3-10)14-13(16)11(8-17)6-7-18-14/h2-7H,8-9,17H2,1H3. The Hall–Kier alpha value is -2.01. The molecule has 0 unspecified atom stereocenters. The summed E-state index contributed by atoms with van der Waals surface area (Å²) in [5.74, 6) is -0.456. The van der Waals surface area contributed by atoms with E-state index in [4.69, 9.17) is 5.73 Å². The van der Waals surface area contributed by atoms with Crippen LogP contribution in [0.3, 0.4) is 0 Å². The minimum atomic E-state index is -0.408. The highest BCUT2D eigenvalue weighted by Gasteiger charge is 2.12. The van der Waals surface area contributed by atoms with Crippen LogP contribution >= 0.6 is 0 Å². The second-order valence-corrected chi connectivity index (χ2v) is 4.29. The molecule has 0 spiro atoms. The Labute approximate surface area is 110 Å². The van der Waals surface area contributed by atoms with Crippen molar-refractivity contribution in [3.8, 4) is 0 Å². The van der Waals surface area contributed by atoms with Crippen molar-refractivity contribution in [2.45, 2.75) is 13.1 Å². The van der Waals surface area contributed by atoms with Crippen molar-refractivity contribution in [1.29, 1.82) is 0 Å². The van der Waals surface area contributed by atoms with E-state index in [9.17, 15) is 8.78 Å². The third-order valence-corrected chi connectivity index (χ3v) is 2.87. The Morgan fingerprint density at radius 3 is 2.47 bits per heavy atom. The number of anilines is 1. The van der Waals surface area contributed by atoms with Crippen molar-refractivity contribution in [2.24, 2.45) is 5.73 Å². The molecule has 3 nitrogen and oxygen atoms in total. The first-order chi connectivity index (χ1) is 9.11. The number of aromatic nitrogens is 1. The molecule has 1 heterocycles. The van der Waals surface area contributed by atoms with E-state index in [2.05, 4.69) is 4.98 Å². The van der Waals surface area contributed by atoms with Crippen molar-refractivity contribution in [3.63, 3.8) is 0 Å². The van der Waals surface area contributed by atoms with Crippen molar-refractivity contribution in [2.75, 3.05) is 11.9 Å². The molecule has 19 heavy (non-hydrogen) atoms. The first-order valence-corrected chi connectivity index (χ1v) is 5.91. The topological polar surface area (TPSA) is 42.2 Å². The molecule has 1 aromatic carbocycles. The van der Waals surface area contributed by atoms with Crippen LogP contribution in [-0.2, 0) is 13.1 Å². The van der Waals surface area contributed by atoms with E-state index in [1.165, 1.54) is 18.3 Å². The Morgan fingerprint density at radius 2 is 1.84 bits per heavy atom. The predicted molar refractivity (Wildman–Crippen MR) is 70.6 cm³/mol. The third-order valence-electron chi connectivity index (χ3n) is 2.87. The molecule has 100 valence electrons. The molecular formula is C14H15F2N3. The van der Waals surface area contributed by atoms with Gasteiger partial charge in [0.2, 0.25) is 0 Å². The van der Waals surface area contributed by atoms with Gasteiger partial charge in [0.05, 0.1) is 0 Å². The molecule has 0 fully saturated rings.